The highest BCUT2D eigenvalue weighted by Gasteiger charge is 2.36. The fourth-order valence-electron chi connectivity index (χ4n) is 1.67. The maximum atomic E-state index is 5.68. The largest absolute Gasteiger partial charge is 0.378 e. The highest BCUT2D eigenvalue weighted by Crippen LogP contribution is 2.38. The van der Waals surface area contributed by atoms with Gasteiger partial charge < -0.3 is 9.47 Å². The molecule has 0 aliphatic heterocycles. The maximum Gasteiger partial charge on any atom is 0.0700 e. The molecule has 0 atom stereocenters. The average molecular weight is 186 g/mol. The molecule has 0 bridgehead atoms. The van der Waals surface area contributed by atoms with Gasteiger partial charge in [0.25, 0.3) is 0 Å². The molecule has 0 aromatic carbocycles. The van der Waals surface area contributed by atoms with Crippen LogP contribution in [0.15, 0.2) is 0 Å². The van der Waals surface area contributed by atoms with Crippen LogP contribution in [0.4, 0.5) is 0 Å². The highest BCUT2D eigenvalue weighted by molar-refractivity contribution is 4.89. The molecule has 0 N–H and O–H groups in total. The first-order valence-corrected chi connectivity index (χ1v) is 5.17. The summed E-state index contributed by atoms with van der Waals surface area (Å²) in [5, 5.41) is 0. The molecule has 78 valence electrons. The fourth-order valence-corrected chi connectivity index (χ4v) is 1.67. The minimum atomic E-state index is -0.0152. The van der Waals surface area contributed by atoms with Crippen LogP contribution in [0.2, 0.25) is 0 Å². The number of rotatable bonds is 4. The Morgan fingerprint density at radius 2 is 1.85 bits per heavy atom. The van der Waals surface area contributed by atoms with E-state index < -0.39 is 0 Å². The molecular formula is C11H22O2. The van der Waals surface area contributed by atoms with Gasteiger partial charge in [0, 0.05) is 7.11 Å². The Morgan fingerprint density at radius 1 is 1.23 bits per heavy atom. The zero-order valence-corrected chi connectivity index (χ0v) is 9.35. The van der Waals surface area contributed by atoms with E-state index in [1.54, 1.807) is 0 Å². The van der Waals surface area contributed by atoms with Crippen molar-refractivity contribution in [3.63, 3.8) is 0 Å². The Bertz CT molecular complexity index is 148. The molecule has 0 unspecified atom stereocenters. The fraction of sp³-hybridized carbons (Fsp3) is 1.00. The van der Waals surface area contributed by atoms with Gasteiger partial charge >= 0.3 is 0 Å². The summed E-state index contributed by atoms with van der Waals surface area (Å²) in [5.74, 6) is 0. The van der Waals surface area contributed by atoms with Crippen LogP contribution in [0.5, 0.6) is 0 Å². The summed E-state index contributed by atoms with van der Waals surface area (Å²) < 4.78 is 11.2. The molecule has 0 radical (unpaired) electrons. The van der Waals surface area contributed by atoms with Gasteiger partial charge in [-0.15, -0.1) is 0 Å². The van der Waals surface area contributed by atoms with E-state index in [2.05, 4.69) is 20.8 Å². The van der Waals surface area contributed by atoms with Gasteiger partial charge in [0.1, 0.15) is 0 Å². The lowest BCUT2D eigenvalue weighted by Gasteiger charge is -2.41. The van der Waals surface area contributed by atoms with Gasteiger partial charge in [-0.05, 0) is 46.5 Å². The topological polar surface area (TPSA) is 18.5 Å². The second-order valence-electron chi connectivity index (χ2n) is 4.95. The first-order valence-electron chi connectivity index (χ1n) is 5.17. The second-order valence-corrected chi connectivity index (χ2v) is 4.95. The summed E-state index contributed by atoms with van der Waals surface area (Å²) >= 11 is 0. The monoisotopic (exact) mass is 186 g/mol. The summed E-state index contributed by atoms with van der Waals surface area (Å²) in [4.78, 5) is 0. The van der Waals surface area contributed by atoms with Crippen LogP contribution in [0.1, 0.15) is 46.5 Å². The van der Waals surface area contributed by atoms with Crippen molar-refractivity contribution in [2.24, 2.45) is 0 Å². The van der Waals surface area contributed by atoms with E-state index in [0.717, 1.165) is 13.0 Å². The lowest BCUT2D eigenvalue weighted by Crippen LogP contribution is -2.40. The lowest BCUT2D eigenvalue weighted by molar-refractivity contribution is -0.105. The smallest absolute Gasteiger partial charge is 0.0700 e. The van der Waals surface area contributed by atoms with Crippen LogP contribution in [-0.4, -0.2) is 24.9 Å². The summed E-state index contributed by atoms with van der Waals surface area (Å²) in [6.07, 6.45) is 4.76. The van der Waals surface area contributed by atoms with E-state index >= 15 is 0 Å². The highest BCUT2D eigenvalue weighted by atomic mass is 16.5. The molecule has 0 saturated heterocycles. The second kappa shape index (κ2) is 3.97. The van der Waals surface area contributed by atoms with Gasteiger partial charge in [-0.25, -0.2) is 0 Å². The molecule has 0 spiro atoms. The molecule has 0 aromatic rings. The van der Waals surface area contributed by atoms with Crippen molar-refractivity contribution in [3.05, 3.63) is 0 Å². The molecule has 0 heterocycles. The van der Waals surface area contributed by atoms with Gasteiger partial charge in [0.15, 0.2) is 0 Å². The normalized spacial score (nSPS) is 21.2. The zero-order chi connectivity index (χ0) is 9.95. The number of hydrogen-bond acceptors (Lipinski definition) is 2. The van der Waals surface area contributed by atoms with E-state index in [4.69, 9.17) is 9.47 Å². The molecule has 1 aliphatic carbocycles. The van der Waals surface area contributed by atoms with E-state index in [0.29, 0.717) is 0 Å². The third-order valence-electron chi connectivity index (χ3n) is 2.79. The molecule has 13 heavy (non-hydrogen) atoms. The molecule has 1 rings (SSSR count). The molecule has 2 heteroatoms. The van der Waals surface area contributed by atoms with Gasteiger partial charge in [-0.2, -0.15) is 0 Å². The first kappa shape index (κ1) is 11.0. The van der Waals surface area contributed by atoms with Crippen molar-refractivity contribution in [2.45, 2.75) is 57.7 Å². The third-order valence-corrected chi connectivity index (χ3v) is 2.79. The first-order chi connectivity index (χ1) is 5.97. The Labute approximate surface area is 81.6 Å². The van der Waals surface area contributed by atoms with Crippen molar-refractivity contribution >= 4 is 0 Å². The SMILES string of the molecule is COC1(CCOC(C)(C)C)CCC1. The predicted octanol–water partition coefficient (Wildman–Crippen LogP) is 2.76. The van der Waals surface area contributed by atoms with E-state index in [1.165, 1.54) is 19.3 Å². The molecule has 0 amide bonds. The molecule has 2 nitrogen and oxygen atoms in total. The Morgan fingerprint density at radius 3 is 2.15 bits per heavy atom. The summed E-state index contributed by atoms with van der Waals surface area (Å²) in [7, 11) is 1.82. The summed E-state index contributed by atoms with van der Waals surface area (Å²) in [6.45, 7) is 7.09. The van der Waals surface area contributed by atoms with Crippen LogP contribution < -0.4 is 0 Å². The van der Waals surface area contributed by atoms with Crippen molar-refractivity contribution in [3.8, 4) is 0 Å². The maximum absolute atomic E-state index is 5.68. The van der Waals surface area contributed by atoms with Crippen LogP contribution >= 0.6 is 0 Å². The van der Waals surface area contributed by atoms with Gasteiger partial charge in [0.05, 0.1) is 17.8 Å². The zero-order valence-electron chi connectivity index (χ0n) is 9.35. The summed E-state index contributed by atoms with van der Waals surface area (Å²) in [6, 6.07) is 0. The minimum Gasteiger partial charge on any atom is -0.378 e. The van der Waals surface area contributed by atoms with Gasteiger partial charge in [-0.3, -0.25) is 0 Å². The van der Waals surface area contributed by atoms with E-state index in [9.17, 15) is 0 Å². The Hall–Kier alpha value is -0.0800. The molecule has 1 saturated carbocycles. The average Bonchev–Trinajstić information content (AvgIpc) is 1.92. The molecule has 1 fully saturated rings. The van der Waals surface area contributed by atoms with E-state index in [-0.39, 0.29) is 11.2 Å². The van der Waals surface area contributed by atoms with Crippen LogP contribution in [0.3, 0.4) is 0 Å². The Kier molecular flexibility index (Phi) is 3.36. The number of ether oxygens (including phenoxy) is 2. The number of methoxy groups -OCH3 is 1. The van der Waals surface area contributed by atoms with Crippen molar-refractivity contribution in [1.82, 2.24) is 0 Å². The van der Waals surface area contributed by atoms with Crippen LogP contribution in [0.25, 0.3) is 0 Å². The van der Waals surface area contributed by atoms with Gasteiger partial charge in [-0.1, -0.05) is 0 Å². The number of hydrogen-bond donors (Lipinski definition) is 0. The quantitative estimate of drug-likeness (QED) is 0.672. The minimum absolute atomic E-state index is 0.0152. The molecular weight excluding hydrogens is 164 g/mol. The van der Waals surface area contributed by atoms with Crippen molar-refractivity contribution < 1.29 is 9.47 Å². The Balaban J connectivity index is 2.18. The lowest BCUT2D eigenvalue weighted by atomic mass is 9.78. The van der Waals surface area contributed by atoms with E-state index in [1.807, 2.05) is 7.11 Å². The van der Waals surface area contributed by atoms with Crippen molar-refractivity contribution in [2.75, 3.05) is 13.7 Å². The predicted molar refractivity (Wildman–Crippen MR) is 53.9 cm³/mol. The third kappa shape index (κ3) is 3.28. The van der Waals surface area contributed by atoms with Gasteiger partial charge in [0.2, 0.25) is 0 Å². The molecule has 0 aromatic heterocycles. The van der Waals surface area contributed by atoms with Crippen molar-refractivity contribution in [1.29, 1.82) is 0 Å². The molecule has 1 aliphatic rings. The van der Waals surface area contributed by atoms with Crippen LogP contribution in [-0.2, 0) is 9.47 Å². The summed E-state index contributed by atoms with van der Waals surface area (Å²) in [5.41, 5.74) is 0.143. The standard InChI is InChI=1S/C11H22O2/c1-10(2,3)13-9-8-11(12-4)6-5-7-11/h5-9H2,1-4H3. The van der Waals surface area contributed by atoms with Crippen LogP contribution in [0, 0.1) is 0 Å².